The van der Waals surface area contributed by atoms with E-state index in [-0.39, 0.29) is 11.7 Å². The monoisotopic (exact) mass is 415 g/mol. The van der Waals surface area contributed by atoms with E-state index in [1.807, 2.05) is 30.3 Å². The van der Waals surface area contributed by atoms with Crippen molar-refractivity contribution in [2.24, 2.45) is 0 Å². The summed E-state index contributed by atoms with van der Waals surface area (Å²) in [6.07, 6.45) is 6.35. The number of carbonyl (C=O) groups is 2. The lowest BCUT2D eigenvalue weighted by atomic mass is 10.1. The van der Waals surface area contributed by atoms with Gasteiger partial charge in [-0.25, -0.2) is 9.67 Å². The third kappa shape index (κ3) is 4.12. The molecular weight excluding hydrogens is 394 g/mol. The molecule has 1 N–H and O–H groups in total. The van der Waals surface area contributed by atoms with E-state index in [0.717, 1.165) is 5.56 Å². The lowest BCUT2D eigenvalue weighted by molar-refractivity contribution is -0.121. The molecule has 1 aromatic heterocycles. The number of benzene rings is 2. The number of anilines is 1. The second-order valence-electron chi connectivity index (χ2n) is 7.25. The molecule has 2 aromatic carbocycles. The number of hydrogen-bond donors (Lipinski definition) is 1. The summed E-state index contributed by atoms with van der Waals surface area (Å²) in [5, 5.41) is 6.94. The Morgan fingerprint density at radius 1 is 1.26 bits per heavy atom. The fourth-order valence-corrected chi connectivity index (χ4v) is 3.40. The molecule has 0 aliphatic carbocycles. The number of nitrogens with one attached hydrogen (secondary N) is 1. The van der Waals surface area contributed by atoms with E-state index in [9.17, 15) is 9.59 Å². The highest BCUT2D eigenvalue weighted by atomic mass is 16.5. The van der Waals surface area contributed by atoms with Crippen molar-refractivity contribution in [3.05, 3.63) is 71.8 Å². The van der Waals surface area contributed by atoms with Gasteiger partial charge in [0.1, 0.15) is 24.2 Å². The van der Waals surface area contributed by atoms with Crippen LogP contribution in [0.25, 0.3) is 0 Å². The molecule has 0 saturated carbocycles. The molecule has 1 aliphatic rings. The number of hydrogen-bond acceptors (Lipinski definition) is 5. The van der Waals surface area contributed by atoms with Gasteiger partial charge >= 0.3 is 0 Å². The Balaban J connectivity index is 1.51. The predicted molar refractivity (Wildman–Crippen MR) is 115 cm³/mol. The van der Waals surface area contributed by atoms with Crippen LogP contribution in [-0.4, -0.2) is 45.8 Å². The van der Waals surface area contributed by atoms with Crippen LogP contribution in [0.1, 0.15) is 28.7 Å². The lowest BCUT2D eigenvalue weighted by Crippen LogP contribution is -2.53. The van der Waals surface area contributed by atoms with E-state index in [0.29, 0.717) is 23.5 Å². The van der Waals surface area contributed by atoms with Crippen LogP contribution in [0.4, 0.5) is 5.69 Å². The van der Waals surface area contributed by atoms with Gasteiger partial charge in [-0.05, 0) is 30.7 Å². The molecule has 2 amide bonds. The standard InChI is InChI=1S/C23H21N5O3/c1-4-16-10-11-19-18(12-16)27(3)23(30)20(15(2)31-19)25-22(29)21-24-14-28(26-21)13-17-8-6-5-7-9-17/h1,5-12,14-15,20H,13H2,2-3H3,(H,25,29)/t15-,20+/m1/s1. The molecule has 2 heterocycles. The van der Waals surface area contributed by atoms with Gasteiger partial charge in [0.25, 0.3) is 11.8 Å². The normalized spacial score (nSPS) is 17.8. The first kappa shape index (κ1) is 20.2. The van der Waals surface area contributed by atoms with E-state index < -0.39 is 18.1 Å². The third-order valence-corrected chi connectivity index (χ3v) is 5.08. The number of ether oxygens (including phenoxy) is 1. The second-order valence-corrected chi connectivity index (χ2v) is 7.25. The minimum atomic E-state index is -0.916. The Morgan fingerprint density at radius 2 is 2.03 bits per heavy atom. The van der Waals surface area contributed by atoms with Crippen molar-refractivity contribution in [2.75, 3.05) is 11.9 Å². The van der Waals surface area contributed by atoms with Gasteiger partial charge in [0, 0.05) is 12.6 Å². The van der Waals surface area contributed by atoms with E-state index in [4.69, 9.17) is 11.2 Å². The average molecular weight is 415 g/mol. The minimum Gasteiger partial charge on any atom is -0.486 e. The van der Waals surface area contributed by atoms with E-state index in [2.05, 4.69) is 21.3 Å². The number of nitrogens with zero attached hydrogens (tertiary/aromatic N) is 4. The van der Waals surface area contributed by atoms with E-state index in [1.165, 1.54) is 11.2 Å². The van der Waals surface area contributed by atoms with Crippen molar-refractivity contribution in [2.45, 2.75) is 25.6 Å². The highest BCUT2D eigenvalue weighted by Gasteiger charge is 2.36. The molecule has 8 nitrogen and oxygen atoms in total. The Labute approximate surface area is 179 Å². The molecule has 0 bridgehead atoms. The quantitative estimate of drug-likeness (QED) is 0.657. The molecule has 2 atom stereocenters. The topological polar surface area (TPSA) is 89.4 Å². The molecule has 8 heteroatoms. The lowest BCUT2D eigenvalue weighted by Gasteiger charge is -2.23. The number of amides is 2. The summed E-state index contributed by atoms with van der Waals surface area (Å²) in [7, 11) is 1.62. The summed E-state index contributed by atoms with van der Waals surface area (Å²) in [4.78, 5) is 31.3. The maximum absolute atomic E-state index is 13.1. The van der Waals surface area contributed by atoms with Crippen LogP contribution in [0.5, 0.6) is 5.75 Å². The van der Waals surface area contributed by atoms with Crippen LogP contribution >= 0.6 is 0 Å². The van der Waals surface area contributed by atoms with Crippen molar-refractivity contribution < 1.29 is 14.3 Å². The summed E-state index contributed by atoms with van der Waals surface area (Å²) in [6.45, 7) is 2.21. The summed E-state index contributed by atoms with van der Waals surface area (Å²) >= 11 is 0. The number of rotatable bonds is 4. The number of likely N-dealkylation sites (N-methyl/N-ethyl adjacent to an activating group) is 1. The van der Waals surface area contributed by atoms with Gasteiger partial charge in [0.05, 0.1) is 12.2 Å². The Hall–Kier alpha value is -4.12. The molecule has 0 unspecified atom stereocenters. The predicted octanol–water partition coefficient (Wildman–Crippen LogP) is 1.85. The fraction of sp³-hybridized carbons (Fsp3) is 0.217. The first-order valence-corrected chi connectivity index (χ1v) is 9.75. The Kier molecular flexibility index (Phi) is 5.41. The van der Waals surface area contributed by atoms with Crippen molar-refractivity contribution in [1.82, 2.24) is 20.1 Å². The zero-order chi connectivity index (χ0) is 22.0. The first-order valence-electron chi connectivity index (χ1n) is 9.75. The minimum absolute atomic E-state index is 0.0186. The van der Waals surface area contributed by atoms with Crippen LogP contribution in [0.3, 0.4) is 0 Å². The van der Waals surface area contributed by atoms with Crippen molar-refractivity contribution in [3.8, 4) is 18.1 Å². The highest BCUT2D eigenvalue weighted by molar-refractivity contribution is 6.02. The molecule has 0 spiro atoms. The number of carbonyl (C=O) groups excluding carboxylic acids is 2. The van der Waals surface area contributed by atoms with Gasteiger partial charge in [-0.3, -0.25) is 9.59 Å². The van der Waals surface area contributed by atoms with Gasteiger partial charge in [-0.15, -0.1) is 11.5 Å². The van der Waals surface area contributed by atoms with Crippen LogP contribution < -0.4 is 15.0 Å². The maximum atomic E-state index is 13.1. The van der Waals surface area contributed by atoms with Gasteiger partial charge in [-0.1, -0.05) is 36.3 Å². The smallest absolute Gasteiger partial charge is 0.291 e. The van der Waals surface area contributed by atoms with Crippen molar-refractivity contribution >= 4 is 17.5 Å². The molecule has 4 rings (SSSR count). The molecular formula is C23H21N5O3. The third-order valence-electron chi connectivity index (χ3n) is 5.08. The SMILES string of the molecule is C#Cc1ccc2c(c1)N(C)C(=O)[C@@H](NC(=O)c1ncn(Cc3ccccc3)n1)[C@@H](C)O2. The average Bonchev–Trinajstić information content (AvgIpc) is 3.22. The van der Waals surface area contributed by atoms with Crippen LogP contribution in [0.15, 0.2) is 54.9 Å². The number of fused-ring (bicyclic) bond motifs is 1. The zero-order valence-electron chi connectivity index (χ0n) is 17.1. The van der Waals surface area contributed by atoms with Gasteiger partial charge in [-0.2, -0.15) is 0 Å². The van der Waals surface area contributed by atoms with E-state index in [1.54, 1.807) is 36.9 Å². The zero-order valence-corrected chi connectivity index (χ0v) is 17.1. The summed E-state index contributed by atoms with van der Waals surface area (Å²) in [5.74, 6) is 2.17. The van der Waals surface area contributed by atoms with Crippen LogP contribution in [0.2, 0.25) is 0 Å². The molecule has 1 aliphatic heterocycles. The van der Waals surface area contributed by atoms with Gasteiger partial charge in [0.15, 0.2) is 0 Å². The summed E-state index contributed by atoms with van der Waals surface area (Å²) in [5.41, 5.74) is 2.21. The Morgan fingerprint density at radius 3 is 2.77 bits per heavy atom. The van der Waals surface area contributed by atoms with Crippen molar-refractivity contribution in [1.29, 1.82) is 0 Å². The van der Waals surface area contributed by atoms with Crippen molar-refractivity contribution in [3.63, 3.8) is 0 Å². The largest absolute Gasteiger partial charge is 0.486 e. The molecule has 3 aromatic rings. The molecule has 0 saturated heterocycles. The second kappa shape index (κ2) is 8.32. The molecule has 156 valence electrons. The number of terminal acetylenes is 1. The molecule has 0 fully saturated rings. The maximum Gasteiger partial charge on any atom is 0.291 e. The fourth-order valence-electron chi connectivity index (χ4n) is 3.40. The molecule has 0 radical (unpaired) electrons. The number of aromatic nitrogens is 3. The van der Waals surface area contributed by atoms with Gasteiger partial charge < -0.3 is 15.0 Å². The molecule has 31 heavy (non-hydrogen) atoms. The van der Waals surface area contributed by atoms with Gasteiger partial charge in [0.2, 0.25) is 5.82 Å². The van der Waals surface area contributed by atoms with E-state index >= 15 is 0 Å². The summed E-state index contributed by atoms with van der Waals surface area (Å²) in [6, 6.07) is 14.0. The summed E-state index contributed by atoms with van der Waals surface area (Å²) < 4.78 is 7.51. The van der Waals surface area contributed by atoms with Crippen LogP contribution in [0, 0.1) is 12.3 Å². The van der Waals surface area contributed by atoms with Crippen LogP contribution in [-0.2, 0) is 11.3 Å². The Bertz CT molecular complexity index is 1170. The highest BCUT2D eigenvalue weighted by Crippen LogP contribution is 2.33. The first-order chi connectivity index (χ1) is 15.0.